The van der Waals surface area contributed by atoms with Gasteiger partial charge in [-0.15, -0.1) is 0 Å². The molecule has 0 unspecified atom stereocenters. The molecule has 6 heteroatoms. The molecule has 3 rings (SSSR count). The SMILES string of the molecule is COc1ccc(NS(=O)(=O)c2cccc3cccnc23)c(C)c1. The Morgan fingerprint density at radius 3 is 2.61 bits per heavy atom. The molecule has 0 spiro atoms. The Bertz CT molecular complexity index is 963. The number of hydrogen-bond acceptors (Lipinski definition) is 4. The zero-order chi connectivity index (χ0) is 16.4. The quantitative estimate of drug-likeness (QED) is 0.797. The third-order valence-corrected chi connectivity index (χ3v) is 4.96. The van der Waals surface area contributed by atoms with Gasteiger partial charge in [0.1, 0.15) is 10.6 Å². The molecule has 23 heavy (non-hydrogen) atoms. The van der Waals surface area contributed by atoms with Crippen LogP contribution in [0.4, 0.5) is 5.69 Å². The van der Waals surface area contributed by atoms with E-state index in [2.05, 4.69) is 9.71 Å². The normalized spacial score (nSPS) is 11.4. The molecule has 0 amide bonds. The number of para-hydroxylation sites is 1. The average Bonchev–Trinajstić information content (AvgIpc) is 2.56. The van der Waals surface area contributed by atoms with Gasteiger partial charge in [0.05, 0.1) is 18.3 Å². The highest BCUT2D eigenvalue weighted by molar-refractivity contribution is 7.93. The highest BCUT2D eigenvalue weighted by atomic mass is 32.2. The topological polar surface area (TPSA) is 68.3 Å². The maximum absolute atomic E-state index is 12.7. The highest BCUT2D eigenvalue weighted by Crippen LogP contribution is 2.26. The minimum atomic E-state index is -3.74. The summed E-state index contributed by atoms with van der Waals surface area (Å²) < 4.78 is 33.2. The third kappa shape index (κ3) is 2.98. The largest absolute Gasteiger partial charge is 0.497 e. The summed E-state index contributed by atoms with van der Waals surface area (Å²) in [5.74, 6) is 0.678. The van der Waals surface area contributed by atoms with E-state index < -0.39 is 10.0 Å². The lowest BCUT2D eigenvalue weighted by atomic mass is 10.2. The first kappa shape index (κ1) is 15.3. The average molecular weight is 328 g/mol. The smallest absolute Gasteiger partial charge is 0.264 e. The van der Waals surface area contributed by atoms with Crippen molar-refractivity contribution < 1.29 is 13.2 Å². The van der Waals surface area contributed by atoms with Crippen LogP contribution in [0.3, 0.4) is 0 Å². The monoisotopic (exact) mass is 328 g/mol. The van der Waals surface area contributed by atoms with Crippen LogP contribution in [0.5, 0.6) is 5.75 Å². The van der Waals surface area contributed by atoms with Gasteiger partial charge in [-0.2, -0.15) is 0 Å². The minimum Gasteiger partial charge on any atom is -0.497 e. The number of aryl methyl sites for hydroxylation is 1. The van der Waals surface area contributed by atoms with Crippen molar-refractivity contribution in [3.8, 4) is 5.75 Å². The molecule has 0 saturated heterocycles. The van der Waals surface area contributed by atoms with Crippen LogP contribution >= 0.6 is 0 Å². The summed E-state index contributed by atoms with van der Waals surface area (Å²) in [5, 5.41) is 0.779. The molecule has 0 atom stereocenters. The highest BCUT2D eigenvalue weighted by Gasteiger charge is 2.19. The molecule has 2 aromatic carbocycles. The van der Waals surface area contributed by atoms with E-state index in [1.807, 2.05) is 19.1 Å². The number of rotatable bonds is 4. The number of anilines is 1. The van der Waals surface area contributed by atoms with Gasteiger partial charge in [-0.05, 0) is 42.8 Å². The van der Waals surface area contributed by atoms with Crippen LogP contribution in [0, 0.1) is 6.92 Å². The van der Waals surface area contributed by atoms with Gasteiger partial charge in [0, 0.05) is 11.6 Å². The van der Waals surface area contributed by atoms with Gasteiger partial charge in [-0.3, -0.25) is 9.71 Å². The fourth-order valence-electron chi connectivity index (χ4n) is 2.37. The van der Waals surface area contributed by atoms with E-state index in [0.717, 1.165) is 10.9 Å². The second-order valence-corrected chi connectivity index (χ2v) is 6.77. The van der Waals surface area contributed by atoms with E-state index in [4.69, 9.17) is 4.74 Å². The Balaban J connectivity index is 2.05. The molecular weight excluding hydrogens is 312 g/mol. The molecule has 1 heterocycles. The van der Waals surface area contributed by atoms with Crippen molar-refractivity contribution in [1.82, 2.24) is 4.98 Å². The van der Waals surface area contributed by atoms with Crippen molar-refractivity contribution in [2.24, 2.45) is 0 Å². The van der Waals surface area contributed by atoms with E-state index in [0.29, 0.717) is 17.0 Å². The van der Waals surface area contributed by atoms with E-state index in [-0.39, 0.29) is 4.90 Å². The fourth-order valence-corrected chi connectivity index (χ4v) is 3.68. The first-order chi connectivity index (χ1) is 11.0. The number of pyridine rings is 1. The number of benzene rings is 2. The van der Waals surface area contributed by atoms with Crippen molar-refractivity contribution in [1.29, 1.82) is 0 Å². The molecule has 0 aliphatic rings. The van der Waals surface area contributed by atoms with Crippen molar-refractivity contribution >= 4 is 26.6 Å². The second kappa shape index (κ2) is 5.89. The number of methoxy groups -OCH3 is 1. The maximum atomic E-state index is 12.7. The van der Waals surface area contributed by atoms with Crippen molar-refractivity contribution in [2.45, 2.75) is 11.8 Å². The van der Waals surface area contributed by atoms with Crippen molar-refractivity contribution in [3.05, 3.63) is 60.3 Å². The maximum Gasteiger partial charge on any atom is 0.264 e. The molecule has 0 aliphatic heterocycles. The van der Waals surface area contributed by atoms with Crippen molar-refractivity contribution in [3.63, 3.8) is 0 Å². The Kier molecular flexibility index (Phi) is 3.92. The number of nitrogens with one attached hydrogen (secondary N) is 1. The Morgan fingerprint density at radius 2 is 1.87 bits per heavy atom. The van der Waals surface area contributed by atoms with Gasteiger partial charge in [0.25, 0.3) is 10.0 Å². The lowest BCUT2D eigenvalue weighted by Crippen LogP contribution is -2.14. The molecule has 3 aromatic rings. The van der Waals surface area contributed by atoms with E-state index in [9.17, 15) is 8.42 Å². The Morgan fingerprint density at radius 1 is 1.09 bits per heavy atom. The number of sulfonamides is 1. The standard InChI is InChI=1S/C17H16N2O3S/c1-12-11-14(22-2)8-9-15(12)19-23(20,21)16-7-3-5-13-6-4-10-18-17(13)16/h3-11,19H,1-2H3. The fraction of sp³-hybridized carbons (Fsp3) is 0.118. The van der Waals surface area contributed by atoms with E-state index >= 15 is 0 Å². The number of aromatic nitrogens is 1. The minimum absolute atomic E-state index is 0.158. The van der Waals surface area contributed by atoms with Gasteiger partial charge < -0.3 is 4.74 Å². The molecule has 118 valence electrons. The number of hydrogen-bond donors (Lipinski definition) is 1. The number of nitrogens with zero attached hydrogens (tertiary/aromatic N) is 1. The molecule has 0 bridgehead atoms. The molecule has 0 fully saturated rings. The molecular formula is C17H16N2O3S. The summed E-state index contributed by atoms with van der Waals surface area (Å²) in [7, 11) is -2.17. The molecule has 0 aliphatic carbocycles. The summed E-state index contributed by atoms with van der Waals surface area (Å²) in [6.45, 7) is 1.82. The summed E-state index contributed by atoms with van der Waals surface area (Å²) in [6, 6.07) is 13.9. The Labute approximate surface area is 135 Å². The van der Waals surface area contributed by atoms with Crippen LogP contribution in [0.25, 0.3) is 10.9 Å². The summed E-state index contributed by atoms with van der Waals surface area (Å²) in [5.41, 5.74) is 1.74. The van der Waals surface area contributed by atoms with Crippen LogP contribution in [0.2, 0.25) is 0 Å². The summed E-state index contributed by atoms with van der Waals surface area (Å²) in [6.07, 6.45) is 1.58. The molecule has 0 radical (unpaired) electrons. The predicted octanol–water partition coefficient (Wildman–Crippen LogP) is 3.35. The van der Waals surface area contributed by atoms with Crippen LogP contribution in [0.15, 0.2) is 59.6 Å². The first-order valence-corrected chi connectivity index (χ1v) is 8.51. The number of ether oxygens (including phenoxy) is 1. The van der Waals surface area contributed by atoms with Gasteiger partial charge in [0.15, 0.2) is 0 Å². The lowest BCUT2D eigenvalue weighted by Gasteiger charge is -2.12. The van der Waals surface area contributed by atoms with Crippen LogP contribution < -0.4 is 9.46 Å². The van der Waals surface area contributed by atoms with Gasteiger partial charge in [0.2, 0.25) is 0 Å². The van der Waals surface area contributed by atoms with Crippen LogP contribution in [-0.2, 0) is 10.0 Å². The summed E-state index contributed by atoms with van der Waals surface area (Å²) in [4.78, 5) is 4.36. The second-order valence-electron chi connectivity index (χ2n) is 5.12. The van der Waals surface area contributed by atoms with Crippen LogP contribution in [0.1, 0.15) is 5.56 Å². The predicted molar refractivity (Wildman–Crippen MR) is 90.3 cm³/mol. The first-order valence-electron chi connectivity index (χ1n) is 7.02. The molecule has 1 aromatic heterocycles. The van der Waals surface area contributed by atoms with Gasteiger partial charge in [-0.25, -0.2) is 8.42 Å². The molecule has 0 saturated carbocycles. The van der Waals surface area contributed by atoms with E-state index in [1.54, 1.807) is 49.7 Å². The van der Waals surface area contributed by atoms with Gasteiger partial charge >= 0.3 is 0 Å². The van der Waals surface area contributed by atoms with Gasteiger partial charge in [-0.1, -0.05) is 18.2 Å². The molecule has 1 N–H and O–H groups in total. The molecule has 5 nitrogen and oxygen atoms in total. The third-order valence-electron chi connectivity index (χ3n) is 3.56. The lowest BCUT2D eigenvalue weighted by molar-refractivity contribution is 0.414. The Hall–Kier alpha value is -2.60. The zero-order valence-electron chi connectivity index (χ0n) is 12.8. The number of fused-ring (bicyclic) bond motifs is 1. The van der Waals surface area contributed by atoms with Crippen LogP contribution in [-0.4, -0.2) is 20.5 Å². The van der Waals surface area contributed by atoms with E-state index in [1.165, 1.54) is 0 Å². The zero-order valence-corrected chi connectivity index (χ0v) is 13.6. The summed E-state index contributed by atoms with van der Waals surface area (Å²) >= 11 is 0. The van der Waals surface area contributed by atoms with Crippen molar-refractivity contribution in [2.75, 3.05) is 11.8 Å².